The van der Waals surface area contributed by atoms with Crippen molar-refractivity contribution in [1.29, 1.82) is 0 Å². The lowest BCUT2D eigenvalue weighted by Crippen LogP contribution is -2.23. The van der Waals surface area contributed by atoms with E-state index in [9.17, 15) is 21.6 Å². The molecule has 0 saturated carbocycles. The maximum Gasteiger partial charge on any atom is 0.416 e. The molecule has 17 heavy (non-hydrogen) atoms. The minimum Gasteiger partial charge on any atom is -0.212 e. The number of hydrogen-bond acceptors (Lipinski definition) is 2. The number of hydrogen-bond donors (Lipinski definition) is 1. The fourth-order valence-corrected chi connectivity index (χ4v) is 2.04. The van der Waals surface area contributed by atoms with Crippen molar-refractivity contribution in [2.75, 3.05) is 4.66 Å². The molecule has 0 aromatic heterocycles. The van der Waals surface area contributed by atoms with Crippen molar-refractivity contribution in [2.24, 2.45) is 0 Å². The second-order valence-electron chi connectivity index (χ2n) is 3.24. The Morgan fingerprint density at radius 2 is 1.94 bits per heavy atom. The van der Waals surface area contributed by atoms with Gasteiger partial charge in [0.1, 0.15) is 4.66 Å². The van der Waals surface area contributed by atoms with Gasteiger partial charge >= 0.3 is 6.18 Å². The summed E-state index contributed by atoms with van der Waals surface area (Å²) in [7, 11) is -3.48. The first-order valence-electron chi connectivity index (χ1n) is 4.44. The summed E-state index contributed by atoms with van der Waals surface area (Å²) in [6, 6.07) is 4.51. The predicted octanol–water partition coefficient (Wildman–Crippen LogP) is 2.48. The van der Waals surface area contributed by atoms with Crippen LogP contribution in [0.25, 0.3) is 0 Å². The van der Waals surface area contributed by atoms with Gasteiger partial charge in [-0.25, -0.2) is 13.1 Å². The molecular weight excluding hydrogens is 323 g/mol. The molecule has 0 bridgehead atoms. The van der Waals surface area contributed by atoms with Gasteiger partial charge in [-0.15, -0.1) is 0 Å². The zero-order valence-corrected chi connectivity index (χ0v) is 10.9. The normalized spacial score (nSPS) is 12.7. The summed E-state index contributed by atoms with van der Waals surface area (Å²) in [5, 5.41) is 0. The van der Waals surface area contributed by atoms with E-state index in [1.54, 1.807) is 0 Å². The Balaban J connectivity index is 2.81. The summed E-state index contributed by atoms with van der Waals surface area (Å²) in [5.41, 5.74) is -0.544. The monoisotopic (exact) mass is 331 g/mol. The van der Waals surface area contributed by atoms with Crippen LogP contribution in [0.4, 0.5) is 13.2 Å². The summed E-state index contributed by atoms with van der Waals surface area (Å²) in [5.74, 6) is 0. The lowest BCUT2D eigenvalue weighted by molar-refractivity contribution is -0.137. The second kappa shape index (κ2) is 5.36. The Labute approximate surface area is 105 Å². The van der Waals surface area contributed by atoms with E-state index in [1.807, 2.05) is 0 Å². The molecule has 0 heterocycles. The van der Waals surface area contributed by atoms with Crippen molar-refractivity contribution in [3.63, 3.8) is 0 Å². The highest BCUT2D eigenvalue weighted by Crippen LogP contribution is 2.29. The molecule has 0 aliphatic heterocycles. The summed E-state index contributed by atoms with van der Waals surface area (Å²) in [6.07, 6.45) is -4.43. The van der Waals surface area contributed by atoms with Gasteiger partial charge in [0, 0.05) is 6.54 Å². The zero-order chi connectivity index (χ0) is 13.1. The first-order valence-corrected chi connectivity index (χ1v) is 7.21. The Bertz CT molecular complexity index is 487. The average molecular weight is 332 g/mol. The van der Waals surface area contributed by atoms with Gasteiger partial charge in [-0.1, -0.05) is 34.1 Å². The number of rotatable bonds is 4. The smallest absolute Gasteiger partial charge is 0.212 e. The Morgan fingerprint density at radius 3 is 2.47 bits per heavy atom. The van der Waals surface area contributed by atoms with E-state index in [4.69, 9.17) is 0 Å². The number of halogens is 4. The highest BCUT2D eigenvalue weighted by Gasteiger charge is 2.30. The van der Waals surface area contributed by atoms with Crippen LogP contribution in [0.2, 0.25) is 0 Å². The molecule has 8 heteroatoms. The molecule has 0 atom stereocenters. The average Bonchev–Trinajstić information content (AvgIpc) is 2.26. The Hall–Kier alpha value is -0.600. The first kappa shape index (κ1) is 14.5. The predicted molar refractivity (Wildman–Crippen MR) is 61.0 cm³/mol. The highest BCUT2D eigenvalue weighted by molar-refractivity contribution is 9.10. The van der Waals surface area contributed by atoms with Crippen LogP contribution in [-0.2, 0) is 22.7 Å². The van der Waals surface area contributed by atoms with E-state index in [1.165, 1.54) is 12.1 Å². The highest BCUT2D eigenvalue weighted by atomic mass is 79.9. The van der Waals surface area contributed by atoms with Crippen LogP contribution in [0.3, 0.4) is 0 Å². The van der Waals surface area contributed by atoms with E-state index < -0.39 is 21.8 Å². The zero-order valence-electron chi connectivity index (χ0n) is 8.46. The molecule has 0 radical (unpaired) electrons. The number of sulfonamides is 1. The molecular formula is C9H9BrF3NO2S. The standard InChI is InChI=1S/C9H9BrF3NO2S/c10-6-17(15,16)14-5-7-2-1-3-8(4-7)9(11,12)13/h1-4,14H,5-6H2. The van der Waals surface area contributed by atoms with Gasteiger partial charge < -0.3 is 0 Å². The summed E-state index contributed by atoms with van der Waals surface area (Å²) < 4.78 is 61.1. The summed E-state index contributed by atoms with van der Waals surface area (Å²) >= 11 is 2.76. The van der Waals surface area contributed by atoms with Crippen LogP contribution in [-0.4, -0.2) is 13.1 Å². The molecule has 0 saturated heterocycles. The topological polar surface area (TPSA) is 46.2 Å². The minimum absolute atomic E-state index is 0.169. The third-order valence-electron chi connectivity index (χ3n) is 1.89. The van der Waals surface area contributed by atoms with Crippen molar-refractivity contribution < 1.29 is 21.6 Å². The fraction of sp³-hybridized carbons (Fsp3) is 0.333. The van der Waals surface area contributed by atoms with Gasteiger partial charge in [-0.05, 0) is 11.6 Å². The number of alkyl halides is 4. The van der Waals surface area contributed by atoms with Crippen molar-refractivity contribution >= 4 is 26.0 Å². The summed E-state index contributed by atoms with van der Waals surface area (Å²) in [4.78, 5) is 0. The van der Waals surface area contributed by atoms with Crippen LogP contribution in [0.1, 0.15) is 11.1 Å². The third-order valence-corrected chi connectivity index (χ3v) is 4.57. The largest absolute Gasteiger partial charge is 0.416 e. The van der Waals surface area contributed by atoms with Crippen LogP contribution >= 0.6 is 15.9 Å². The molecule has 1 aromatic carbocycles. The molecule has 0 aliphatic rings. The van der Waals surface area contributed by atoms with Gasteiger partial charge in [0.15, 0.2) is 0 Å². The fourth-order valence-electron chi connectivity index (χ4n) is 1.09. The second-order valence-corrected chi connectivity index (χ2v) is 6.35. The molecule has 1 aromatic rings. The van der Waals surface area contributed by atoms with Crippen LogP contribution in [0.5, 0.6) is 0 Å². The molecule has 0 aliphatic carbocycles. The van der Waals surface area contributed by atoms with Gasteiger partial charge in [-0.3, -0.25) is 0 Å². The molecule has 0 spiro atoms. The molecule has 1 N–H and O–H groups in total. The minimum atomic E-state index is -4.43. The maximum atomic E-state index is 12.4. The number of nitrogens with one attached hydrogen (secondary N) is 1. The van der Waals surface area contributed by atoms with Crippen molar-refractivity contribution in [2.45, 2.75) is 12.7 Å². The van der Waals surface area contributed by atoms with Gasteiger partial charge in [0.05, 0.1) is 5.56 Å². The van der Waals surface area contributed by atoms with Crippen LogP contribution in [0.15, 0.2) is 24.3 Å². The van der Waals surface area contributed by atoms with Gasteiger partial charge in [0.2, 0.25) is 10.0 Å². The van der Waals surface area contributed by atoms with Crippen molar-refractivity contribution in [3.05, 3.63) is 35.4 Å². The van der Waals surface area contributed by atoms with E-state index in [-0.39, 0.29) is 16.8 Å². The molecule has 1 rings (SSSR count). The van der Waals surface area contributed by atoms with E-state index in [0.29, 0.717) is 0 Å². The lowest BCUT2D eigenvalue weighted by Gasteiger charge is -2.09. The molecule has 0 amide bonds. The van der Waals surface area contributed by atoms with Gasteiger partial charge in [0.25, 0.3) is 0 Å². The Morgan fingerprint density at radius 1 is 1.29 bits per heavy atom. The first-order chi connectivity index (χ1) is 7.74. The summed E-state index contributed by atoms with van der Waals surface area (Å²) in [6.45, 7) is -0.169. The van der Waals surface area contributed by atoms with Crippen molar-refractivity contribution in [1.82, 2.24) is 4.72 Å². The molecule has 0 unspecified atom stereocenters. The van der Waals surface area contributed by atoms with E-state index in [0.717, 1.165) is 12.1 Å². The quantitative estimate of drug-likeness (QED) is 0.861. The number of benzene rings is 1. The van der Waals surface area contributed by atoms with Crippen molar-refractivity contribution in [3.8, 4) is 0 Å². The lowest BCUT2D eigenvalue weighted by atomic mass is 10.1. The van der Waals surface area contributed by atoms with Gasteiger partial charge in [-0.2, -0.15) is 13.2 Å². The SMILES string of the molecule is O=S(=O)(CBr)NCc1cccc(C(F)(F)F)c1. The van der Waals surface area contributed by atoms with Crippen LogP contribution < -0.4 is 4.72 Å². The molecule has 3 nitrogen and oxygen atoms in total. The third kappa shape index (κ3) is 4.64. The molecule has 0 fully saturated rings. The Kier molecular flexibility index (Phi) is 4.56. The van der Waals surface area contributed by atoms with Crippen LogP contribution in [0, 0.1) is 0 Å². The van der Waals surface area contributed by atoms with E-state index in [2.05, 4.69) is 20.7 Å². The molecule has 96 valence electrons. The maximum absolute atomic E-state index is 12.4. The van der Waals surface area contributed by atoms with E-state index >= 15 is 0 Å².